The van der Waals surface area contributed by atoms with Gasteiger partial charge in [-0.25, -0.2) is 4.39 Å². The van der Waals surface area contributed by atoms with Gasteiger partial charge in [-0.2, -0.15) is 18.3 Å². The highest BCUT2D eigenvalue weighted by molar-refractivity contribution is 5.82. The van der Waals surface area contributed by atoms with Gasteiger partial charge in [0.1, 0.15) is 5.82 Å². The van der Waals surface area contributed by atoms with E-state index in [-0.39, 0.29) is 17.8 Å². The highest BCUT2D eigenvalue weighted by Gasteiger charge is 2.36. The lowest BCUT2D eigenvalue weighted by atomic mass is 9.99. The monoisotopic (exact) mass is 338 g/mol. The first kappa shape index (κ1) is 16.4. The molecule has 0 saturated carbocycles. The van der Waals surface area contributed by atoms with E-state index in [2.05, 4.69) is 20.5 Å². The minimum absolute atomic E-state index is 0.0799. The first-order valence-electron chi connectivity index (χ1n) is 7.30. The lowest BCUT2D eigenvalue weighted by Gasteiger charge is -2.16. The van der Waals surface area contributed by atoms with Gasteiger partial charge < -0.3 is 5.32 Å². The minimum Gasteiger partial charge on any atom is -0.313 e. The summed E-state index contributed by atoms with van der Waals surface area (Å²) < 4.78 is 54.8. The fourth-order valence-corrected chi connectivity index (χ4v) is 2.50. The third kappa shape index (κ3) is 3.09. The Morgan fingerprint density at radius 2 is 1.96 bits per heavy atom. The van der Waals surface area contributed by atoms with Crippen molar-refractivity contribution in [3.05, 3.63) is 47.5 Å². The number of hydrogen-bond donors (Lipinski definition) is 2. The van der Waals surface area contributed by atoms with Crippen LogP contribution in [0, 0.1) is 5.82 Å². The molecule has 4 nitrogen and oxygen atoms in total. The molecule has 0 atom stereocenters. The van der Waals surface area contributed by atoms with Crippen molar-refractivity contribution in [2.24, 2.45) is 0 Å². The molecule has 0 aliphatic carbocycles. The van der Waals surface area contributed by atoms with Crippen LogP contribution in [0.5, 0.6) is 0 Å². The molecule has 0 bridgehead atoms. The molecule has 0 unspecified atom stereocenters. The van der Waals surface area contributed by atoms with Crippen LogP contribution in [0.2, 0.25) is 0 Å². The molecule has 0 radical (unpaired) electrons. The van der Waals surface area contributed by atoms with E-state index in [4.69, 9.17) is 0 Å². The van der Waals surface area contributed by atoms with Crippen molar-refractivity contribution < 1.29 is 17.6 Å². The maximum absolute atomic E-state index is 14.5. The van der Waals surface area contributed by atoms with E-state index in [0.717, 1.165) is 12.1 Å². The van der Waals surface area contributed by atoms with E-state index >= 15 is 0 Å². The Bertz CT molecular complexity index is 870. The second-order valence-corrected chi connectivity index (χ2v) is 5.31. The maximum atomic E-state index is 14.5. The lowest BCUT2D eigenvalue weighted by Crippen LogP contribution is -2.15. The fourth-order valence-electron chi connectivity index (χ4n) is 2.50. The van der Waals surface area contributed by atoms with Crippen LogP contribution in [0.1, 0.15) is 18.1 Å². The van der Waals surface area contributed by atoms with Crippen LogP contribution in [0.25, 0.3) is 22.2 Å². The molecule has 126 valence electrons. The molecular weight excluding hydrogens is 324 g/mol. The average Bonchev–Trinajstić information content (AvgIpc) is 2.99. The Kier molecular flexibility index (Phi) is 4.23. The zero-order chi connectivity index (χ0) is 17.3. The van der Waals surface area contributed by atoms with Crippen molar-refractivity contribution in [3.8, 4) is 11.3 Å². The molecule has 8 heteroatoms. The van der Waals surface area contributed by atoms with Gasteiger partial charge in [0.05, 0.1) is 29.2 Å². The van der Waals surface area contributed by atoms with Gasteiger partial charge in [-0.1, -0.05) is 6.92 Å². The van der Waals surface area contributed by atoms with Crippen LogP contribution in [0.4, 0.5) is 17.6 Å². The first-order chi connectivity index (χ1) is 11.4. The molecule has 2 aromatic heterocycles. The Hall–Kier alpha value is -2.48. The van der Waals surface area contributed by atoms with Gasteiger partial charge in [0.2, 0.25) is 0 Å². The molecule has 3 aromatic rings. The molecule has 0 amide bonds. The predicted octanol–water partition coefficient (Wildman–Crippen LogP) is 3.89. The van der Waals surface area contributed by atoms with Crippen LogP contribution in [0.3, 0.4) is 0 Å². The molecule has 0 aliphatic heterocycles. The van der Waals surface area contributed by atoms with Crippen LogP contribution < -0.4 is 5.32 Å². The summed E-state index contributed by atoms with van der Waals surface area (Å²) in [5, 5.41) is 9.89. The number of H-pyrrole nitrogens is 1. The summed E-state index contributed by atoms with van der Waals surface area (Å²) in [7, 11) is 0. The number of nitrogens with one attached hydrogen (secondary N) is 2. The van der Waals surface area contributed by atoms with E-state index in [1.807, 2.05) is 6.92 Å². The second-order valence-electron chi connectivity index (χ2n) is 5.31. The highest BCUT2D eigenvalue weighted by Crippen LogP contribution is 2.39. The number of benzene rings is 1. The van der Waals surface area contributed by atoms with E-state index < -0.39 is 23.1 Å². The molecule has 24 heavy (non-hydrogen) atoms. The molecule has 0 fully saturated rings. The van der Waals surface area contributed by atoms with Gasteiger partial charge in [-0.3, -0.25) is 10.1 Å². The Morgan fingerprint density at radius 1 is 1.17 bits per heavy atom. The summed E-state index contributed by atoms with van der Waals surface area (Å²) >= 11 is 0. The van der Waals surface area contributed by atoms with Gasteiger partial charge in [-0.05, 0) is 30.3 Å². The van der Waals surface area contributed by atoms with Gasteiger partial charge in [0.15, 0.2) is 0 Å². The molecule has 1 aromatic carbocycles. The topological polar surface area (TPSA) is 53.6 Å². The van der Waals surface area contributed by atoms with E-state index in [9.17, 15) is 17.6 Å². The second kappa shape index (κ2) is 6.20. The summed E-state index contributed by atoms with van der Waals surface area (Å²) in [6.07, 6.45) is -1.90. The maximum Gasteiger partial charge on any atom is 0.417 e. The van der Waals surface area contributed by atoms with E-state index in [0.29, 0.717) is 17.4 Å². The molecule has 0 aliphatic rings. The largest absolute Gasteiger partial charge is 0.417 e. The lowest BCUT2D eigenvalue weighted by molar-refractivity contribution is -0.137. The number of hydrogen-bond acceptors (Lipinski definition) is 3. The smallest absolute Gasteiger partial charge is 0.313 e. The quantitative estimate of drug-likeness (QED) is 0.710. The third-order valence-corrected chi connectivity index (χ3v) is 3.62. The summed E-state index contributed by atoms with van der Waals surface area (Å²) in [6, 6.07) is 3.45. The van der Waals surface area contributed by atoms with Crippen LogP contribution in [0.15, 0.2) is 30.6 Å². The van der Waals surface area contributed by atoms with Crippen LogP contribution in [-0.4, -0.2) is 21.7 Å². The van der Waals surface area contributed by atoms with Crippen LogP contribution >= 0.6 is 0 Å². The summed E-state index contributed by atoms with van der Waals surface area (Å²) in [6.45, 7) is 2.55. The predicted molar refractivity (Wildman–Crippen MR) is 81.7 cm³/mol. The number of pyridine rings is 1. The number of aromatic amines is 1. The first-order valence-corrected chi connectivity index (χ1v) is 7.30. The van der Waals surface area contributed by atoms with Gasteiger partial charge in [-0.15, -0.1) is 0 Å². The number of fused-ring (bicyclic) bond motifs is 1. The van der Waals surface area contributed by atoms with Gasteiger partial charge in [0, 0.05) is 17.5 Å². The molecule has 3 rings (SSSR count). The number of rotatable bonds is 4. The molecule has 2 heterocycles. The number of aromatic nitrogens is 3. The number of nitrogens with zero attached hydrogens (tertiary/aromatic N) is 2. The standard InChI is InChI=1S/C16H14F4N4/c1-2-21-6-9-3-11(16(18,19)20)15(12(17)4-9)13-5-10-7-23-24-14(10)8-22-13/h3-5,7-8,21H,2,6H2,1H3,(H,23,24). The number of alkyl halides is 3. The molecule has 2 N–H and O–H groups in total. The highest BCUT2D eigenvalue weighted by atomic mass is 19.4. The zero-order valence-corrected chi connectivity index (χ0v) is 12.7. The van der Waals surface area contributed by atoms with Gasteiger partial charge >= 0.3 is 6.18 Å². The molecule has 0 saturated heterocycles. The van der Waals surface area contributed by atoms with Crippen molar-refractivity contribution in [3.63, 3.8) is 0 Å². The molecule has 0 spiro atoms. The van der Waals surface area contributed by atoms with Crippen LogP contribution in [-0.2, 0) is 12.7 Å². The Balaban J connectivity index is 2.17. The van der Waals surface area contributed by atoms with Crippen molar-refractivity contribution in [1.82, 2.24) is 20.5 Å². The SMILES string of the molecule is CCNCc1cc(F)c(-c2cc3cn[nH]c3cn2)c(C(F)(F)F)c1. The number of halogens is 4. The van der Waals surface area contributed by atoms with E-state index in [1.54, 1.807) is 0 Å². The fraction of sp³-hybridized carbons (Fsp3) is 0.250. The Morgan fingerprint density at radius 3 is 2.67 bits per heavy atom. The van der Waals surface area contributed by atoms with E-state index in [1.165, 1.54) is 18.5 Å². The summed E-state index contributed by atoms with van der Waals surface area (Å²) in [5.74, 6) is -0.951. The summed E-state index contributed by atoms with van der Waals surface area (Å²) in [5.41, 5.74) is -0.869. The van der Waals surface area contributed by atoms with Crippen molar-refractivity contribution in [2.45, 2.75) is 19.6 Å². The zero-order valence-electron chi connectivity index (χ0n) is 12.7. The minimum atomic E-state index is -4.69. The van der Waals surface area contributed by atoms with Crippen molar-refractivity contribution in [2.75, 3.05) is 6.54 Å². The van der Waals surface area contributed by atoms with Crippen molar-refractivity contribution >= 4 is 10.9 Å². The third-order valence-electron chi connectivity index (χ3n) is 3.62. The van der Waals surface area contributed by atoms with Crippen molar-refractivity contribution in [1.29, 1.82) is 0 Å². The van der Waals surface area contributed by atoms with Gasteiger partial charge in [0.25, 0.3) is 0 Å². The molecular formula is C16H14F4N4. The summed E-state index contributed by atoms with van der Waals surface area (Å²) in [4.78, 5) is 3.95. The average molecular weight is 338 g/mol. The Labute approximate surface area is 134 Å². The normalized spacial score (nSPS) is 12.0.